The standard InChI is InChI=1S/C28H42O8/c1-14(2)20-9-17-10-26(12-29)19-8-7-15(3)18(19)11-27(17,28(20,26)25(32)34-6)13-35-24-22(31)21(30)23(33-5)16(4)36-24/h9,12,14-19,21-24,30-31H,7-8,10-11,13H2,1-6H3/t15-,16?,17?,18-,19-,21?,22?,23?,24?,26?,27?,28?/m1/s1. The van der Waals surface area contributed by atoms with Crippen LogP contribution >= 0.6 is 0 Å². The Bertz CT molecular complexity index is 933. The number of hydrogen-bond donors (Lipinski definition) is 2. The first-order valence-electron chi connectivity index (χ1n) is 13.5. The second kappa shape index (κ2) is 8.87. The zero-order valence-electron chi connectivity index (χ0n) is 22.3. The molecule has 202 valence electrons. The minimum absolute atomic E-state index is 0.0215. The lowest BCUT2D eigenvalue weighted by Gasteiger charge is -2.59. The van der Waals surface area contributed by atoms with Crippen LogP contribution < -0.4 is 0 Å². The topological polar surface area (TPSA) is 112 Å². The minimum atomic E-state index is -1.30. The van der Waals surface area contributed by atoms with Crippen molar-refractivity contribution in [2.24, 2.45) is 45.8 Å². The molecule has 1 saturated heterocycles. The Balaban J connectivity index is 1.59. The van der Waals surface area contributed by atoms with E-state index in [1.807, 2.05) is 0 Å². The monoisotopic (exact) mass is 506 g/mol. The van der Waals surface area contributed by atoms with Gasteiger partial charge in [0.1, 0.15) is 30.0 Å². The number of aldehydes is 1. The average molecular weight is 507 g/mol. The maximum Gasteiger partial charge on any atom is 0.317 e. The maximum atomic E-state index is 14.0. The Kier molecular flexibility index (Phi) is 6.48. The van der Waals surface area contributed by atoms with Gasteiger partial charge in [-0.2, -0.15) is 0 Å². The molecule has 4 aliphatic carbocycles. The smallest absolute Gasteiger partial charge is 0.317 e. The first kappa shape index (κ1) is 26.3. The average Bonchev–Trinajstić information content (AvgIpc) is 3.42. The van der Waals surface area contributed by atoms with E-state index in [1.165, 1.54) is 14.2 Å². The molecule has 8 heteroatoms. The molecule has 4 fully saturated rings. The second-order valence-corrected chi connectivity index (χ2v) is 12.4. The van der Waals surface area contributed by atoms with Crippen LogP contribution in [-0.4, -0.2) is 74.0 Å². The van der Waals surface area contributed by atoms with Crippen LogP contribution in [0.1, 0.15) is 53.4 Å². The lowest BCUT2D eigenvalue weighted by atomic mass is 9.43. The van der Waals surface area contributed by atoms with Crippen molar-refractivity contribution in [3.05, 3.63) is 11.6 Å². The summed E-state index contributed by atoms with van der Waals surface area (Å²) in [6.45, 7) is 8.30. The fraction of sp³-hybridized carbons (Fsp3) is 0.857. The summed E-state index contributed by atoms with van der Waals surface area (Å²) in [5.74, 6) is 0.571. The number of fused-ring (bicyclic) bond motifs is 2. The number of allylic oxidation sites excluding steroid dienone is 1. The molecule has 12 atom stereocenters. The number of carbonyl (C=O) groups excluding carboxylic acids is 2. The summed E-state index contributed by atoms with van der Waals surface area (Å²) >= 11 is 0. The summed E-state index contributed by atoms with van der Waals surface area (Å²) in [7, 11) is 2.88. The predicted octanol–water partition coefficient (Wildman–Crippen LogP) is 2.50. The van der Waals surface area contributed by atoms with Gasteiger partial charge >= 0.3 is 5.97 Å². The third-order valence-corrected chi connectivity index (χ3v) is 10.8. The highest BCUT2D eigenvalue weighted by Gasteiger charge is 2.84. The van der Waals surface area contributed by atoms with Gasteiger partial charge < -0.3 is 34.0 Å². The third-order valence-electron chi connectivity index (χ3n) is 10.8. The summed E-state index contributed by atoms with van der Waals surface area (Å²) in [6.07, 6.45) is 1.94. The molecule has 2 N–H and O–H groups in total. The summed E-state index contributed by atoms with van der Waals surface area (Å²) in [6, 6.07) is 0. The number of aliphatic hydroxyl groups is 2. The van der Waals surface area contributed by atoms with Crippen LogP contribution in [0.3, 0.4) is 0 Å². The van der Waals surface area contributed by atoms with Gasteiger partial charge in [-0.15, -0.1) is 0 Å². The van der Waals surface area contributed by atoms with Gasteiger partial charge in [-0.1, -0.05) is 38.8 Å². The molecule has 0 aromatic rings. The lowest BCUT2D eigenvalue weighted by Crippen LogP contribution is -2.64. The predicted molar refractivity (Wildman–Crippen MR) is 129 cm³/mol. The summed E-state index contributed by atoms with van der Waals surface area (Å²) < 4.78 is 23.2. The van der Waals surface area contributed by atoms with Gasteiger partial charge in [0, 0.05) is 12.5 Å². The van der Waals surface area contributed by atoms with Crippen LogP contribution in [0.25, 0.3) is 0 Å². The fourth-order valence-electron chi connectivity index (χ4n) is 9.47. The number of methoxy groups -OCH3 is 2. The highest BCUT2D eigenvalue weighted by atomic mass is 16.7. The summed E-state index contributed by atoms with van der Waals surface area (Å²) in [5, 5.41) is 21.4. The van der Waals surface area contributed by atoms with Crippen LogP contribution in [0.5, 0.6) is 0 Å². The van der Waals surface area contributed by atoms with Crippen molar-refractivity contribution in [1.29, 1.82) is 0 Å². The molecule has 9 unspecified atom stereocenters. The Morgan fingerprint density at radius 2 is 1.92 bits per heavy atom. The van der Waals surface area contributed by atoms with E-state index in [2.05, 4.69) is 26.8 Å². The van der Waals surface area contributed by atoms with Crippen molar-refractivity contribution < 1.29 is 38.7 Å². The van der Waals surface area contributed by atoms with Gasteiger partial charge in [0.05, 0.1) is 25.2 Å². The third kappa shape index (κ3) is 2.99. The van der Waals surface area contributed by atoms with Crippen molar-refractivity contribution in [1.82, 2.24) is 0 Å². The quantitative estimate of drug-likeness (QED) is 0.308. The van der Waals surface area contributed by atoms with E-state index in [9.17, 15) is 19.8 Å². The zero-order valence-corrected chi connectivity index (χ0v) is 22.3. The molecule has 0 radical (unpaired) electrons. The molecule has 0 aromatic carbocycles. The van der Waals surface area contributed by atoms with Crippen molar-refractivity contribution in [2.45, 2.75) is 84.1 Å². The molecule has 5 aliphatic rings. The van der Waals surface area contributed by atoms with Gasteiger partial charge in [-0.25, -0.2) is 0 Å². The SMILES string of the molecule is COC(=O)C12C(C(C)C)=CC3CC1(C=O)[C@@H]1CC[C@@H](C)[C@H]1CC32COC1OC(C)C(OC)C(O)C1O. The van der Waals surface area contributed by atoms with Crippen molar-refractivity contribution in [3.8, 4) is 0 Å². The number of hydrogen-bond acceptors (Lipinski definition) is 8. The largest absolute Gasteiger partial charge is 0.468 e. The molecule has 36 heavy (non-hydrogen) atoms. The number of aliphatic hydroxyl groups excluding tert-OH is 2. The Labute approximate surface area is 213 Å². The Hall–Kier alpha value is -1.32. The van der Waals surface area contributed by atoms with Crippen LogP contribution in [0.15, 0.2) is 11.6 Å². The highest BCUT2D eigenvalue weighted by Crippen LogP contribution is 2.82. The number of ether oxygens (including phenoxy) is 4. The molecular formula is C28H42O8. The minimum Gasteiger partial charge on any atom is -0.468 e. The van der Waals surface area contributed by atoms with E-state index in [0.29, 0.717) is 18.3 Å². The van der Waals surface area contributed by atoms with Crippen LogP contribution in [0, 0.1) is 45.8 Å². The number of carbonyl (C=O) groups is 2. The second-order valence-electron chi connectivity index (χ2n) is 12.4. The van der Waals surface area contributed by atoms with Gasteiger partial charge in [-0.3, -0.25) is 4.79 Å². The molecular weight excluding hydrogens is 464 g/mol. The van der Waals surface area contributed by atoms with Gasteiger partial charge in [0.25, 0.3) is 0 Å². The molecule has 1 heterocycles. The van der Waals surface area contributed by atoms with E-state index in [-0.39, 0.29) is 30.3 Å². The van der Waals surface area contributed by atoms with E-state index in [4.69, 9.17) is 18.9 Å². The van der Waals surface area contributed by atoms with Crippen LogP contribution in [-0.2, 0) is 28.5 Å². The maximum absolute atomic E-state index is 14.0. The first-order valence-corrected chi connectivity index (χ1v) is 13.5. The Morgan fingerprint density at radius 1 is 1.19 bits per heavy atom. The fourth-order valence-corrected chi connectivity index (χ4v) is 9.47. The van der Waals surface area contributed by atoms with E-state index >= 15 is 0 Å². The summed E-state index contributed by atoms with van der Waals surface area (Å²) in [4.78, 5) is 27.3. The first-order chi connectivity index (χ1) is 17.1. The van der Waals surface area contributed by atoms with Gasteiger partial charge in [-0.05, 0) is 55.8 Å². The van der Waals surface area contributed by atoms with Crippen molar-refractivity contribution in [3.63, 3.8) is 0 Å². The molecule has 0 spiro atoms. The lowest BCUT2D eigenvalue weighted by molar-refractivity contribution is -0.307. The van der Waals surface area contributed by atoms with E-state index < -0.39 is 47.0 Å². The molecule has 0 aromatic heterocycles. The molecule has 8 nitrogen and oxygen atoms in total. The molecule has 4 bridgehead atoms. The van der Waals surface area contributed by atoms with Crippen molar-refractivity contribution >= 4 is 12.3 Å². The van der Waals surface area contributed by atoms with Crippen LogP contribution in [0.2, 0.25) is 0 Å². The highest BCUT2D eigenvalue weighted by molar-refractivity contribution is 5.91. The normalized spacial score (nSPS) is 51.2. The van der Waals surface area contributed by atoms with E-state index in [0.717, 1.165) is 31.1 Å². The van der Waals surface area contributed by atoms with Crippen LogP contribution in [0.4, 0.5) is 0 Å². The summed E-state index contributed by atoms with van der Waals surface area (Å²) in [5.41, 5.74) is -1.65. The van der Waals surface area contributed by atoms with Gasteiger partial charge in [0.15, 0.2) is 6.29 Å². The Morgan fingerprint density at radius 3 is 2.53 bits per heavy atom. The van der Waals surface area contributed by atoms with E-state index in [1.54, 1.807) is 6.92 Å². The zero-order chi connectivity index (χ0) is 26.2. The molecule has 1 aliphatic heterocycles. The molecule has 0 amide bonds. The number of esters is 1. The molecule has 3 saturated carbocycles. The van der Waals surface area contributed by atoms with Gasteiger partial charge in [0.2, 0.25) is 0 Å². The van der Waals surface area contributed by atoms with Crippen molar-refractivity contribution in [2.75, 3.05) is 20.8 Å². The number of rotatable bonds is 7. The molecule has 5 rings (SSSR count).